The number of hydrogen-bond acceptors (Lipinski definition) is 1. The van der Waals surface area contributed by atoms with Crippen LogP contribution in [0.2, 0.25) is 0 Å². The molecular weight excluding hydrogens is 318 g/mol. The minimum atomic E-state index is 1.05. The smallest absolute Gasteiger partial charge is 0.0967 e. The molecule has 0 unspecified atom stereocenters. The van der Waals surface area contributed by atoms with Crippen molar-refractivity contribution in [2.24, 2.45) is 0 Å². The maximum absolute atomic E-state index is 4.44. The van der Waals surface area contributed by atoms with Crippen molar-refractivity contribution < 1.29 is 0 Å². The maximum atomic E-state index is 4.44. The number of H-pyrrole nitrogens is 2. The summed E-state index contributed by atoms with van der Waals surface area (Å²) >= 11 is 0. The average Bonchev–Trinajstić information content (AvgIpc) is 3.38. The van der Waals surface area contributed by atoms with Gasteiger partial charge in [0.2, 0.25) is 0 Å². The molecule has 4 aromatic carbocycles. The first-order valence-electron chi connectivity index (χ1n) is 8.66. The van der Waals surface area contributed by atoms with Crippen molar-refractivity contribution in [1.29, 1.82) is 0 Å². The van der Waals surface area contributed by atoms with Gasteiger partial charge in [-0.15, -0.1) is 0 Å². The number of fused-ring (bicyclic) bond motifs is 7. The Morgan fingerprint density at radius 1 is 0.577 bits per heavy atom. The molecule has 3 heteroatoms. The summed E-state index contributed by atoms with van der Waals surface area (Å²) in [6.45, 7) is 0. The summed E-state index contributed by atoms with van der Waals surface area (Å²) in [6, 6.07) is 27.2. The Bertz CT molecular complexity index is 1240. The van der Waals surface area contributed by atoms with Crippen molar-refractivity contribution in [1.82, 2.24) is 15.0 Å². The highest BCUT2D eigenvalue weighted by molar-refractivity contribution is 6.23. The number of nitrogens with zero attached hydrogens (tertiary/aromatic N) is 1. The Morgan fingerprint density at radius 2 is 1.23 bits per heavy atom. The van der Waals surface area contributed by atoms with E-state index in [1.54, 1.807) is 6.33 Å². The molecule has 0 bridgehead atoms. The lowest BCUT2D eigenvalue weighted by atomic mass is 10.0. The standard InChI is InChI=1S/C15H10N2.C8H7N/c1-3-7-12-10(5-1)11-6-2-4-8-13(11)15-14(12)16-9-17-15;1-2-4-8-7(3-1)5-6-9-8/h1-9H,(H,16,17);1-6,9H. The minimum Gasteiger partial charge on any atom is -0.361 e. The number of aromatic amines is 2. The van der Waals surface area contributed by atoms with E-state index < -0.39 is 0 Å². The lowest BCUT2D eigenvalue weighted by Crippen LogP contribution is -1.81. The second kappa shape index (κ2) is 6.05. The number of rotatable bonds is 0. The van der Waals surface area contributed by atoms with Gasteiger partial charge in [0.15, 0.2) is 0 Å². The van der Waals surface area contributed by atoms with E-state index in [1.165, 1.54) is 32.4 Å². The highest BCUT2D eigenvalue weighted by Gasteiger charge is 2.08. The fourth-order valence-electron chi connectivity index (χ4n) is 3.56. The van der Waals surface area contributed by atoms with Crippen LogP contribution in [-0.2, 0) is 0 Å². The lowest BCUT2D eigenvalue weighted by Gasteiger charge is -2.05. The van der Waals surface area contributed by atoms with Crippen molar-refractivity contribution in [2.75, 3.05) is 0 Å². The Kier molecular flexibility index (Phi) is 3.42. The number of aromatic nitrogens is 3. The predicted octanol–water partition coefficient (Wildman–Crippen LogP) is 6.04. The van der Waals surface area contributed by atoms with Crippen LogP contribution < -0.4 is 0 Å². The molecule has 0 saturated heterocycles. The molecule has 0 spiro atoms. The van der Waals surface area contributed by atoms with Gasteiger partial charge in [-0.1, -0.05) is 66.7 Å². The van der Waals surface area contributed by atoms with Crippen LogP contribution >= 0.6 is 0 Å². The van der Waals surface area contributed by atoms with Crippen LogP contribution in [0.3, 0.4) is 0 Å². The Hall–Kier alpha value is -3.59. The van der Waals surface area contributed by atoms with E-state index in [4.69, 9.17) is 0 Å². The third kappa shape index (κ3) is 2.33. The van der Waals surface area contributed by atoms with Crippen LogP contribution in [0.1, 0.15) is 0 Å². The largest absolute Gasteiger partial charge is 0.361 e. The van der Waals surface area contributed by atoms with E-state index in [9.17, 15) is 0 Å². The maximum Gasteiger partial charge on any atom is 0.0967 e. The first-order chi connectivity index (χ1) is 12.9. The molecule has 6 aromatic rings. The number of nitrogens with one attached hydrogen (secondary N) is 2. The molecule has 0 aliphatic rings. The minimum absolute atomic E-state index is 1.05. The van der Waals surface area contributed by atoms with Crippen molar-refractivity contribution in [3.63, 3.8) is 0 Å². The zero-order chi connectivity index (χ0) is 17.3. The molecule has 0 fully saturated rings. The van der Waals surface area contributed by atoms with Crippen LogP contribution in [-0.4, -0.2) is 15.0 Å². The van der Waals surface area contributed by atoms with E-state index in [1.807, 2.05) is 18.3 Å². The molecule has 26 heavy (non-hydrogen) atoms. The molecule has 0 aliphatic heterocycles. The molecule has 2 aromatic heterocycles. The van der Waals surface area contributed by atoms with Gasteiger partial charge in [0.05, 0.1) is 17.4 Å². The summed E-state index contributed by atoms with van der Waals surface area (Å²) < 4.78 is 0. The molecule has 0 atom stereocenters. The zero-order valence-electron chi connectivity index (χ0n) is 14.1. The van der Waals surface area contributed by atoms with E-state index in [0.29, 0.717) is 0 Å². The molecule has 3 nitrogen and oxygen atoms in total. The lowest BCUT2D eigenvalue weighted by molar-refractivity contribution is 1.35. The molecule has 0 radical (unpaired) electrons. The van der Waals surface area contributed by atoms with Crippen LogP contribution in [0.15, 0.2) is 91.4 Å². The summed E-state index contributed by atoms with van der Waals surface area (Å²) in [5, 5.41) is 6.26. The number of hydrogen-bond donors (Lipinski definition) is 2. The number of para-hydroxylation sites is 1. The summed E-state index contributed by atoms with van der Waals surface area (Å²) in [7, 11) is 0. The number of imidazole rings is 1. The van der Waals surface area contributed by atoms with Gasteiger partial charge >= 0.3 is 0 Å². The van der Waals surface area contributed by atoms with Crippen molar-refractivity contribution in [2.45, 2.75) is 0 Å². The van der Waals surface area contributed by atoms with Crippen LogP contribution in [0.4, 0.5) is 0 Å². The quantitative estimate of drug-likeness (QED) is 0.327. The molecular formula is C23H17N3. The summed E-state index contributed by atoms with van der Waals surface area (Å²) in [6.07, 6.45) is 3.72. The third-order valence-electron chi connectivity index (χ3n) is 4.77. The predicted molar refractivity (Wildman–Crippen MR) is 109 cm³/mol. The summed E-state index contributed by atoms with van der Waals surface area (Å²) in [5.41, 5.74) is 3.39. The molecule has 124 valence electrons. The first-order valence-corrected chi connectivity index (χ1v) is 8.66. The van der Waals surface area contributed by atoms with E-state index in [2.05, 4.69) is 81.7 Å². The molecule has 6 rings (SSSR count). The molecule has 2 N–H and O–H groups in total. The van der Waals surface area contributed by atoms with E-state index in [0.717, 1.165) is 11.0 Å². The fourth-order valence-corrected chi connectivity index (χ4v) is 3.56. The molecule has 0 aliphatic carbocycles. The summed E-state index contributed by atoms with van der Waals surface area (Å²) in [4.78, 5) is 10.8. The van der Waals surface area contributed by atoms with Crippen LogP contribution in [0.25, 0.3) is 43.5 Å². The molecule has 2 heterocycles. The second-order valence-corrected chi connectivity index (χ2v) is 6.28. The normalized spacial score (nSPS) is 11.1. The van der Waals surface area contributed by atoms with Gasteiger partial charge in [-0.3, -0.25) is 0 Å². The first kappa shape index (κ1) is 14.7. The Balaban J connectivity index is 0.000000141. The van der Waals surface area contributed by atoms with Gasteiger partial charge in [-0.25, -0.2) is 4.98 Å². The van der Waals surface area contributed by atoms with Gasteiger partial charge in [0.25, 0.3) is 0 Å². The van der Waals surface area contributed by atoms with Crippen LogP contribution in [0, 0.1) is 0 Å². The highest BCUT2D eigenvalue weighted by Crippen LogP contribution is 2.32. The molecule has 0 saturated carbocycles. The SMILES string of the molecule is c1ccc2[nH]ccc2c1.c1ccc2c(c1)c1ccccc1c1[nH]cnc21. The van der Waals surface area contributed by atoms with Gasteiger partial charge in [0.1, 0.15) is 0 Å². The molecule has 0 amide bonds. The van der Waals surface area contributed by atoms with Gasteiger partial charge < -0.3 is 9.97 Å². The topological polar surface area (TPSA) is 44.5 Å². The van der Waals surface area contributed by atoms with Gasteiger partial charge in [0, 0.05) is 22.5 Å². The van der Waals surface area contributed by atoms with Gasteiger partial charge in [-0.05, 0) is 28.3 Å². The average molecular weight is 335 g/mol. The highest BCUT2D eigenvalue weighted by atomic mass is 14.9. The second-order valence-electron chi connectivity index (χ2n) is 6.28. The van der Waals surface area contributed by atoms with Crippen molar-refractivity contribution in [3.05, 3.63) is 91.4 Å². The third-order valence-corrected chi connectivity index (χ3v) is 4.77. The van der Waals surface area contributed by atoms with E-state index >= 15 is 0 Å². The van der Waals surface area contributed by atoms with Crippen molar-refractivity contribution >= 4 is 43.5 Å². The Labute approximate surface area is 150 Å². The van der Waals surface area contributed by atoms with Crippen molar-refractivity contribution in [3.8, 4) is 0 Å². The fraction of sp³-hybridized carbons (Fsp3) is 0. The Morgan fingerprint density at radius 3 is 2.04 bits per heavy atom. The van der Waals surface area contributed by atoms with Gasteiger partial charge in [-0.2, -0.15) is 0 Å². The zero-order valence-corrected chi connectivity index (χ0v) is 14.1. The number of benzene rings is 4. The van der Waals surface area contributed by atoms with Crippen LogP contribution in [0.5, 0.6) is 0 Å². The van der Waals surface area contributed by atoms with E-state index in [-0.39, 0.29) is 0 Å². The monoisotopic (exact) mass is 335 g/mol. The summed E-state index contributed by atoms with van der Waals surface area (Å²) in [5.74, 6) is 0.